The van der Waals surface area contributed by atoms with Gasteiger partial charge >= 0.3 is 5.97 Å². The van der Waals surface area contributed by atoms with Gasteiger partial charge in [0.05, 0.1) is 16.7 Å². The Morgan fingerprint density at radius 2 is 1.94 bits per heavy atom. The lowest BCUT2D eigenvalue weighted by Crippen LogP contribution is -2.12. The zero-order chi connectivity index (χ0) is 13.2. The summed E-state index contributed by atoms with van der Waals surface area (Å²) in [5, 5.41) is -0.0407. The molecule has 17 heavy (non-hydrogen) atoms. The van der Waals surface area contributed by atoms with E-state index in [2.05, 4.69) is 0 Å². The van der Waals surface area contributed by atoms with E-state index in [-0.39, 0.29) is 21.6 Å². The largest absolute Gasteiger partial charge is 0.459 e. The predicted octanol–water partition coefficient (Wildman–Crippen LogP) is 2.83. The lowest BCUT2D eigenvalue weighted by Gasteiger charge is -2.08. The van der Waals surface area contributed by atoms with Gasteiger partial charge in [-0.25, -0.2) is 13.2 Å². The molecule has 0 saturated carbocycles. The van der Waals surface area contributed by atoms with E-state index in [0.717, 1.165) is 6.07 Å². The number of carbonyl (C=O) groups excluding carboxylic acids is 1. The van der Waals surface area contributed by atoms with E-state index < -0.39 is 15.0 Å². The molecule has 0 unspecified atom stereocenters. The summed E-state index contributed by atoms with van der Waals surface area (Å²) in [5.41, 5.74) is 0.0855. The Hall–Kier alpha value is -0.780. The van der Waals surface area contributed by atoms with Crippen LogP contribution in [0.3, 0.4) is 0 Å². The van der Waals surface area contributed by atoms with Crippen molar-refractivity contribution in [2.75, 3.05) is 0 Å². The van der Waals surface area contributed by atoms with Crippen LogP contribution in [0.25, 0.3) is 0 Å². The van der Waals surface area contributed by atoms with Gasteiger partial charge in [-0.05, 0) is 32.0 Å². The van der Waals surface area contributed by atoms with Gasteiger partial charge in [0.15, 0.2) is 0 Å². The van der Waals surface area contributed by atoms with Gasteiger partial charge in [-0.2, -0.15) is 0 Å². The lowest BCUT2D eigenvalue weighted by atomic mass is 10.2. The van der Waals surface area contributed by atoms with Gasteiger partial charge in [0.2, 0.25) is 0 Å². The molecule has 4 nitrogen and oxygen atoms in total. The minimum Gasteiger partial charge on any atom is -0.459 e. The number of halogens is 2. The molecule has 0 spiro atoms. The third kappa shape index (κ3) is 3.87. The van der Waals surface area contributed by atoms with Gasteiger partial charge < -0.3 is 4.74 Å². The first-order valence-electron chi connectivity index (χ1n) is 4.67. The Balaban J connectivity index is 3.18. The smallest absolute Gasteiger partial charge is 0.338 e. The fourth-order valence-corrected chi connectivity index (χ4v) is 2.59. The van der Waals surface area contributed by atoms with Crippen molar-refractivity contribution in [2.24, 2.45) is 0 Å². The van der Waals surface area contributed by atoms with Crippen LogP contribution in [-0.2, 0) is 13.8 Å². The van der Waals surface area contributed by atoms with E-state index in [9.17, 15) is 13.2 Å². The van der Waals surface area contributed by atoms with Crippen LogP contribution in [-0.4, -0.2) is 20.5 Å². The van der Waals surface area contributed by atoms with Crippen molar-refractivity contribution >= 4 is 37.3 Å². The summed E-state index contributed by atoms with van der Waals surface area (Å²) in [6.07, 6.45) is -0.297. The van der Waals surface area contributed by atoms with Crippen LogP contribution < -0.4 is 0 Å². The van der Waals surface area contributed by atoms with Crippen LogP contribution in [0.1, 0.15) is 24.2 Å². The van der Waals surface area contributed by atoms with E-state index in [1.807, 2.05) is 0 Å². The van der Waals surface area contributed by atoms with E-state index in [1.165, 1.54) is 12.1 Å². The number of hydrogen-bond acceptors (Lipinski definition) is 4. The molecule has 0 aliphatic heterocycles. The van der Waals surface area contributed by atoms with Gasteiger partial charge in [0.25, 0.3) is 9.05 Å². The first kappa shape index (κ1) is 14.3. The molecule has 0 N–H and O–H groups in total. The van der Waals surface area contributed by atoms with Gasteiger partial charge in [0.1, 0.15) is 4.90 Å². The van der Waals surface area contributed by atoms with Crippen molar-refractivity contribution in [3.63, 3.8) is 0 Å². The standard InChI is InChI=1S/C10H10Cl2O4S/c1-6(2)16-10(13)7-3-4-8(11)9(5-7)17(12,14)15/h3-6H,1-2H3. The normalized spacial score (nSPS) is 11.6. The molecule has 0 heterocycles. The molecule has 7 heteroatoms. The van der Waals surface area contributed by atoms with Crippen molar-refractivity contribution < 1.29 is 17.9 Å². The molecule has 1 rings (SSSR count). The molecule has 0 saturated heterocycles. The average molecular weight is 297 g/mol. The van der Waals surface area contributed by atoms with Crippen LogP contribution in [0.15, 0.2) is 23.1 Å². The van der Waals surface area contributed by atoms with Crippen LogP contribution >= 0.6 is 22.3 Å². The molecule has 0 bridgehead atoms. The second-order valence-electron chi connectivity index (χ2n) is 3.54. The molecule has 0 atom stereocenters. The molecule has 1 aromatic rings. The summed E-state index contributed by atoms with van der Waals surface area (Å²) in [7, 11) is 1.20. The quantitative estimate of drug-likeness (QED) is 0.636. The molecule has 0 fully saturated rings. The Bertz CT molecular complexity index is 537. The summed E-state index contributed by atoms with van der Waals surface area (Å²) in [5.74, 6) is -0.627. The number of esters is 1. The molecular formula is C10H10Cl2O4S. The molecule has 0 radical (unpaired) electrons. The van der Waals surface area contributed by atoms with Gasteiger partial charge in [-0.3, -0.25) is 0 Å². The second-order valence-corrected chi connectivity index (χ2v) is 6.48. The molecule has 0 aromatic heterocycles. The van der Waals surface area contributed by atoms with Crippen LogP contribution in [0.5, 0.6) is 0 Å². The first-order chi connectivity index (χ1) is 7.71. The van der Waals surface area contributed by atoms with E-state index in [1.54, 1.807) is 13.8 Å². The van der Waals surface area contributed by atoms with E-state index in [0.29, 0.717) is 0 Å². The highest BCUT2D eigenvalue weighted by Crippen LogP contribution is 2.26. The van der Waals surface area contributed by atoms with Crippen molar-refractivity contribution in [1.82, 2.24) is 0 Å². The number of rotatable bonds is 3. The second kappa shape index (κ2) is 5.25. The fourth-order valence-electron chi connectivity index (χ4n) is 1.10. The maximum absolute atomic E-state index is 11.5. The number of ether oxygens (including phenoxy) is 1. The fraction of sp³-hybridized carbons (Fsp3) is 0.300. The Morgan fingerprint density at radius 3 is 2.41 bits per heavy atom. The summed E-state index contributed by atoms with van der Waals surface area (Å²) in [6, 6.07) is 3.75. The Labute approximate surface area is 109 Å². The maximum atomic E-state index is 11.5. The van der Waals surface area contributed by atoms with Crippen molar-refractivity contribution in [2.45, 2.75) is 24.8 Å². The lowest BCUT2D eigenvalue weighted by molar-refractivity contribution is 0.0377. The predicted molar refractivity (Wildman–Crippen MR) is 65.0 cm³/mol. The SMILES string of the molecule is CC(C)OC(=O)c1ccc(Cl)c(S(=O)(=O)Cl)c1. The third-order valence-corrected chi connectivity index (χ3v) is 3.58. The summed E-state index contributed by atoms with van der Waals surface area (Å²) < 4.78 is 27.3. The molecule has 1 aromatic carbocycles. The first-order valence-corrected chi connectivity index (χ1v) is 7.35. The van der Waals surface area contributed by atoms with Crippen LogP contribution in [0, 0.1) is 0 Å². The van der Waals surface area contributed by atoms with Crippen LogP contribution in [0.2, 0.25) is 5.02 Å². The van der Waals surface area contributed by atoms with Gasteiger partial charge in [0, 0.05) is 10.7 Å². The maximum Gasteiger partial charge on any atom is 0.338 e. The van der Waals surface area contributed by atoms with E-state index in [4.69, 9.17) is 27.0 Å². The molecule has 0 amide bonds. The summed E-state index contributed by atoms with van der Waals surface area (Å²) in [6.45, 7) is 3.38. The summed E-state index contributed by atoms with van der Waals surface area (Å²) >= 11 is 5.68. The topological polar surface area (TPSA) is 60.4 Å². The minimum atomic E-state index is -3.99. The molecule has 0 aliphatic rings. The monoisotopic (exact) mass is 296 g/mol. The Kier molecular flexibility index (Phi) is 4.41. The number of hydrogen-bond donors (Lipinski definition) is 0. The number of benzene rings is 1. The third-order valence-electron chi connectivity index (χ3n) is 1.77. The highest BCUT2D eigenvalue weighted by molar-refractivity contribution is 8.13. The average Bonchev–Trinajstić information content (AvgIpc) is 2.15. The zero-order valence-corrected chi connectivity index (χ0v) is 11.4. The molecular weight excluding hydrogens is 287 g/mol. The van der Waals surface area contributed by atoms with Gasteiger partial charge in [-0.1, -0.05) is 11.6 Å². The summed E-state index contributed by atoms with van der Waals surface area (Å²) in [4.78, 5) is 11.2. The van der Waals surface area contributed by atoms with Crippen molar-refractivity contribution in [1.29, 1.82) is 0 Å². The Morgan fingerprint density at radius 1 is 1.35 bits per heavy atom. The van der Waals surface area contributed by atoms with Gasteiger partial charge in [-0.15, -0.1) is 0 Å². The minimum absolute atomic E-state index is 0.0407. The highest BCUT2D eigenvalue weighted by Gasteiger charge is 2.18. The van der Waals surface area contributed by atoms with Crippen LogP contribution in [0.4, 0.5) is 0 Å². The molecule has 94 valence electrons. The van der Waals surface area contributed by atoms with E-state index >= 15 is 0 Å². The highest BCUT2D eigenvalue weighted by atomic mass is 35.7. The molecule has 0 aliphatic carbocycles. The zero-order valence-electron chi connectivity index (χ0n) is 9.11. The van der Waals surface area contributed by atoms with Crippen molar-refractivity contribution in [3.05, 3.63) is 28.8 Å². The van der Waals surface area contributed by atoms with Crippen molar-refractivity contribution in [3.8, 4) is 0 Å². The number of carbonyl (C=O) groups is 1.